The summed E-state index contributed by atoms with van der Waals surface area (Å²) in [7, 11) is 0. The Morgan fingerprint density at radius 2 is 2.00 bits per heavy atom. The first-order valence-electron chi connectivity index (χ1n) is 11.2. The standard InChI is InChI=1S/C25H25FN2O5/c1-4-14-9-10-17-19(11-14)33-13-18-20(22(29)32-5-2)25(3)23(30)27(24(31)28(25)21(17)18)16-8-6-7-15(26)12-16/h6-12,18,20-21H,4-5,13H2,1-3H3/t18-,20+,21+,25+/m1/s1. The number of urea groups is 1. The Hall–Kier alpha value is -3.42. The molecule has 33 heavy (non-hydrogen) atoms. The van der Waals surface area contributed by atoms with Gasteiger partial charge in [0.1, 0.15) is 17.1 Å². The summed E-state index contributed by atoms with van der Waals surface area (Å²) in [4.78, 5) is 43.2. The molecule has 7 nitrogen and oxygen atoms in total. The maximum absolute atomic E-state index is 13.9. The molecule has 2 aromatic rings. The number of hydrogen-bond donors (Lipinski definition) is 0. The number of carbonyl (C=O) groups is 3. The van der Waals surface area contributed by atoms with E-state index in [2.05, 4.69) is 0 Å². The van der Waals surface area contributed by atoms with Gasteiger partial charge in [0.2, 0.25) is 0 Å². The van der Waals surface area contributed by atoms with Crippen LogP contribution in [-0.4, -0.2) is 41.6 Å². The number of nitrogens with zero attached hydrogens (tertiary/aromatic N) is 2. The van der Waals surface area contributed by atoms with E-state index in [1.54, 1.807) is 13.8 Å². The van der Waals surface area contributed by atoms with Crippen LogP contribution in [-0.2, 0) is 20.7 Å². The van der Waals surface area contributed by atoms with Crippen molar-refractivity contribution in [3.63, 3.8) is 0 Å². The first kappa shape index (κ1) is 21.4. The molecular weight excluding hydrogens is 427 g/mol. The second kappa shape index (κ2) is 7.57. The van der Waals surface area contributed by atoms with Gasteiger partial charge in [-0.05, 0) is 50.1 Å². The van der Waals surface area contributed by atoms with Crippen LogP contribution in [0.1, 0.15) is 37.9 Å². The van der Waals surface area contributed by atoms with Crippen LogP contribution in [0.5, 0.6) is 5.75 Å². The lowest BCUT2D eigenvalue weighted by Gasteiger charge is -2.34. The Labute approximate surface area is 191 Å². The van der Waals surface area contributed by atoms with Gasteiger partial charge >= 0.3 is 12.0 Å². The summed E-state index contributed by atoms with van der Waals surface area (Å²) in [5.74, 6) is -2.40. The number of benzene rings is 2. The zero-order valence-electron chi connectivity index (χ0n) is 18.7. The van der Waals surface area contributed by atoms with Crippen molar-refractivity contribution in [2.24, 2.45) is 11.8 Å². The van der Waals surface area contributed by atoms with Crippen molar-refractivity contribution in [1.29, 1.82) is 0 Å². The predicted molar refractivity (Wildman–Crippen MR) is 117 cm³/mol. The lowest BCUT2D eigenvalue weighted by Crippen LogP contribution is -2.51. The van der Waals surface area contributed by atoms with Gasteiger partial charge in [0.25, 0.3) is 5.91 Å². The zero-order chi connectivity index (χ0) is 23.5. The molecule has 2 saturated heterocycles. The number of aryl methyl sites for hydroxylation is 1. The molecule has 5 rings (SSSR count). The van der Waals surface area contributed by atoms with Crippen LogP contribution >= 0.6 is 0 Å². The van der Waals surface area contributed by atoms with Crippen LogP contribution in [0.25, 0.3) is 0 Å². The number of esters is 1. The van der Waals surface area contributed by atoms with E-state index in [1.807, 2.05) is 25.1 Å². The quantitative estimate of drug-likeness (QED) is 0.520. The van der Waals surface area contributed by atoms with E-state index in [-0.39, 0.29) is 18.9 Å². The summed E-state index contributed by atoms with van der Waals surface area (Å²) in [5, 5.41) is 0. The smallest absolute Gasteiger partial charge is 0.332 e. The topological polar surface area (TPSA) is 76.2 Å². The van der Waals surface area contributed by atoms with Gasteiger partial charge in [0, 0.05) is 11.5 Å². The average Bonchev–Trinajstić information content (AvgIpc) is 3.18. The fraction of sp³-hybridized carbons (Fsp3) is 0.400. The van der Waals surface area contributed by atoms with Crippen LogP contribution in [0.2, 0.25) is 0 Å². The minimum Gasteiger partial charge on any atom is -0.493 e. The van der Waals surface area contributed by atoms with Gasteiger partial charge in [0.15, 0.2) is 0 Å². The SMILES string of the molecule is CCOC(=O)[C@@H]1[C@H]2COc3cc(CC)ccc3[C@@H]2N2C(=O)N(c3cccc(F)c3)C(=O)[C@]12C. The normalized spacial score (nSPS) is 27.7. The summed E-state index contributed by atoms with van der Waals surface area (Å²) in [6.45, 7) is 5.67. The molecule has 2 aromatic carbocycles. The highest BCUT2D eigenvalue weighted by molar-refractivity contribution is 6.24. The van der Waals surface area contributed by atoms with E-state index in [0.29, 0.717) is 5.75 Å². The number of fused-ring (bicyclic) bond motifs is 5. The Morgan fingerprint density at radius 1 is 1.21 bits per heavy atom. The van der Waals surface area contributed by atoms with Crippen molar-refractivity contribution in [2.75, 3.05) is 18.1 Å². The van der Waals surface area contributed by atoms with Crippen molar-refractivity contribution in [3.8, 4) is 5.75 Å². The number of imide groups is 1. The largest absolute Gasteiger partial charge is 0.493 e. The van der Waals surface area contributed by atoms with Gasteiger partial charge in [-0.25, -0.2) is 14.1 Å². The number of carbonyl (C=O) groups excluding carboxylic acids is 3. The van der Waals surface area contributed by atoms with Crippen LogP contribution in [0.4, 0.5) is 14.9 Å². The summed E-state index contributed by atoms with van der Waals surface area (Å²) in [6, 6.07) is 10.0. The first-order chi connectivity index (χ1) is 15.8. The third-order valence-corrected chi connectivity index (χ3v) is 7.09. The molecule has 2 fully saturated rings. The lowest BCUT2D eigenvalue weighted by atomic mass is 9.77. The van der Waals surface area contributed by atoms with Crippen molar-refractivity contribution < 1.29 is 28.2 Å². The number of anilines is 1. The monoisotopic (exact) mass is 452 g/mol. The van der Waals surface area contributed by atoms with E-state index < -0.39 is 47.1 Å². The summed E-state index contributed by atoms with van der Waals surface area (Å²) in [5.41, 5.74) is 0.483. The molecule has 0 spiro atoms. The van der Waals surface area contributed by atoms with Crippen molar-refractivity contribution >= 4 is 23.6 Å². The minimum atomic E-state index is -1.49. The van der Waals surface area contributed by atoms with Crippen LogP contribution in [0.15, 0.2) is 42.5 Å². The Kier molecular flexibility index (Phi) is 4.92. The van der Waals surface area contributed by atoms with E-state index in [9.17, 15) is 18.8 Å². The molecular formula is C25H25FN2O5. The number of hydrogen-bond acceptors (Lipinski definition) is 5. The highest BCUT2D eigenvalue weighted by Gasteiger charge is 2.72. The molecule has 0 radical (unpaired) electrons. The third kappa shape index (κ3) is 2.89. The molecule has 0 bridgehead atoms. The summed E-state index contributed by atoms with van der Waals surface area (Å²) >= 11 is 0. The molecule has 3 aliphatic heterocycles. The van der Waals surface area contributed by atoms with Gasteiger partial charge in [0.05, 0.1) is 30.9 Å². The molecule has 3 amide bonds. The van der Waals surface area contributed by atoms with E-state index in [1.165, 1.54) is 23.1 Å². The average molecular weight is 452 g/mol. The van der Waals surface area contributed by atoms with Crippen LogP contribution in [0.3, 0.4) is 0 Å². The van der Waals surface area contributed by atoms with E-state index in [4.69, 9.17) is 9.47 Å². The Bertz CT molecular complexity index is 1170. The van der Waals surface area contributed by atoms with Gasteiger partial charge < -0.3 is 14.4 Å². The molecule has 3 heterocycles. The molecule has 172 valence electrons. The molecule has 0 unspecified atom stereocenters. The molecule has 4 atom stereocenters. The lowest BCUT2D eigenvalue weighted by molar-refractivity contribution is -0.154. The van der Waals surface area contributed by atoms with Crippen molar-refractivity contribution in [1.82, 2.24) is 4.90 Å². The molecule has 0 aromatic heterocycles. The van der Waals surface area contributed by atoms with Crippen molar-refractivity contribution in [3.05, 3.63) is 59.4 Å². The highest BCUT2D eigenvalue weighted by Crippen LogP contribution is 2.58. The fourth-order valence-corrected chi connectivity index (χ4v) is 5.59. The fourth-order valence-electron chi connectivity index (χ4n) is 5.59. The van der Waals surface area contributed by atoms with Gasteiger partial charge in [-0.3, -0.25) is 9.59 Å². The van der Waals surface area contributed by atoms with Crippen LogP contribution in [0, 0.1) is 17.7 Å². The predicted octanol–water partition coefficient (Wildman–Crippen LogP) is 3.86. The molecule has 0 aliphatic carbocycles. The van der Waals surface area contributed by atoms with Gasteiger partial charge in [-0.2, -0.15) is 0 Å². The van der Waals surface area contributed by atoms with Crippen LogP contribution < -0.4 is 9.64 Å². The second-order valence-electron chi connectivity index (χ2n) is 8.80. The Morgan fingerprint density at radius 3 is 2.70 bits per heavy atom. The molecule has 8 heteroatoms. The Balaban J connectivity index is 1.68. The zero-order valence-corrected chi connectivity index (χ0v) is 18.7. The highest BCUT2D eigenvalue weighted by atomic mass is 19.1. The van der Waals surface area contributed by atoms with Gasteiger partial charge in [-0.1, -0.05) is 25.1 Å². The number of halogens is 1. The minimum absolute atomic E-state index is 0.133. The number of amides is 3. The second-order valence-corrected chi connectivity index (χ2v) is 8.80. The first-order valence-corrected chi connectivity index (χ1v) is 11.2. The van der Waals surface area contributed by atoms with E-state index >= 15 is 0 Å². The van der Waals surface area contributed by atoms with E-state index in [0.717, 1.165) is 28.5 Å². The van der Waals surface area contributed by atoms with Gasteiger partial charge in [-0.15, -0.1) is 0 Å². The molecule has 3 aliphatic rings. The maximum Gasteiger partial charge on any atom is 0.332 e. The summed E-state index contributed by atoms with van der Waals surface area (Å²) < 4.78 is 25.3. The summed E-state index contributed by atoms with van der Waals surface area (Å²) in [6.07, 6.45) is 0.822. The maximum atomic E-state index is 13.9. The number of ether oxygens (including phenoxy) is 2. The third-order valence-electron chi connectivity index (χ3n) is 7.09. The molecule has 0 N–H and O–H groups in total. The molecule has 0 saturated carbocycles. The van der Waals surface area contributed by atoms with Crippen molar-refractivity contribution in [2.45, 2.75) is 38.8 Å². The number of rotatable bonds is 4.